The minimum absolute atomic E-state index is 0.216. The molecule has 0 heterocycles. The van der Waals surface area contributed by atoms with Gasteiger partial charge in [-0.25, -0.2) is 4.79 Å². The van der Waals surface area contributed by atoms with Crippen LogP contribution in [0.1, 0.15) is 40.0 Å². The normalized spacial score (nSPS) is 27.8. The zero-order chi connectivity index (χ0) is 12.1. The molecule has 0 aromatic heterocycles. The molecule has 2 atom stereocenters. The molecule has 0 spiro atoms. The van der Waals surface area contributed by atoms with E-state index in [2.05, 4.69) is 6.92 Å². The Morgan fingerprint density at radius 3 is 2.81 bits per heavy atom. The van der Waals surface area contributed by atoms with E-state index in [0.29, 0.717) is 18.4 Å². The van der Waals surface area contributed by atoms with E-state index in [1.807, 2.05) is 13.8 Å². The van der Waals surface area contributed by atoms with Crippen molar-refractivity contribution >= 4 is 23.1 Å². The maximum absolute atomic E-state index is 11.4. The molecule has 3 heteroatoms. The lowest BCUT2D eigenvalue weighted by atomic mass is 9.78. The molecular formula is C13H20O2S. The molecule has 0 N–H and O–H groups in total. The van der Waals surface area contributed by atoms with Gasteiger partial charge in [0, 0.05) is 6.08 Å². The van der Waals surface area contributed by atoms with E-state index in [1.54, 1.807) is 6.08 Å². The molecule has 0 aromatic carbocycles. The van der Waals surface area contributed by atoms with Gasteiger partial charge in [0.15, 0.2) is 0 Å². The summed E-state index contributed by atoms with van der Waals surface area (Å²) in [5, 5.41) is 0. The molecule has 1 aliphatic rings. The van der Waals surface area contributed by atoms with Crippen molar-refractivity contribution in [2.75, 3.05) is 6.61 Å². The summed E-state index contributed by atoms with van der Waals surface area (Å²) in [5.74, 6) is 0.730. The quantitative estimate of drug-likeness (QED) is 0.430. The molecule has 1 aliphatic carbocycles. The third-order valence-electron chi connectivity index (χ3n) is 3.23. The van der Waals surface area contributed by atoms with Crippen LogP contribution < -0.4 is 0 Å². The average Bonchev–Trinajstić information content (AvgIpc) is 2.21. The first kappa shape index (κ1) is 13.4. The Kier molecular flexibility index (Phi) is 5.13. The van der Waals surface area contributed by atoms with Gasteiger partial charge in [-0.1, -0.05) is 24.7 Å². The smallest absolute Gasteiger partial charge is 0.330 e. The molecule has 16 heavy (non-hydrogen) atoms. The minimum Gasteiger partial charge on any atom is -0.463 e. The molecule has 90 valence electrons. The number of ether oxygens (including phenoxy) is 1. The third kappa shape index (κ3) is 3.71. The summed E-state index contributed by atoms with van der Waals surface area (Å²) in [7, 11) is 0. The second-order valence-electron chi connectivity index (χ2n) is 4.46. The van der Waals surface area contributed by atoms with Gasteiger partial charge in [-0.2, -0.15) is 0 Å². The standard InChI is InChI=1S/C13H20O2S/c1-4-15-13(14)8-12-7-11(10(3)16)6-5-9(12)2/h8-9,11H,4-7H2,1-3H3/b12-8+/t9-,11-/m1/s1. The van der Waals surface area contributed by atoms with Crippen LogP contribution in [-0.2, 0) is 9.53 Å². The second kappa shape index (κ2) is 6.14. The topological polar surface area (TPSA) is 26.3 Å². The number of esters is 1. The lowest BCUT2D eigenvalue weighted by molar-refractivity contribution is -0.137. The molecule has 1 fully saturated rings. The van der Waals surface area contributed by atoms with Crippen LogP contribution in [0, 0.1) is 11.8 Å². The van der Waals surface area contributed by atoms with Crippen LogP contribution in [0.5, 0.6) is 0 Å². The van der Waals surface area contributed by atoms with Crippen LogP contribution in [0.3, 0.4) is 0 Å². The highest BCUT2D eigenvalue weighted by Gasteiger charge is 2.24. The van der Waals surface area contributed by atoms with Gasteiger partial charge in [-0.05, 0) is 49.8 Å². The second-order valence-corrected chi connectivity index (χ2v) is 5.11. The van der Waals surface area contributed by atoms with Crippen molar-refractivity contribution in [2.24, 2.45) is 11.8 Å². The van der Waals surface area contributed by atoms with Gasteiger partial charge >= 0.3 is 5.97 Å². The largest absolute Gasteiger partial charge is 0.463 e. The fourth-order valence-corrected chi connectivity index (χ4v) is 2.31. The molecule has 1 saturated carbocycles. The van der Waals surface area contributed by atoms with Crippen molar-refractivity contribution in [1.82, 2.24) is 0 Å². The molecule has 0 unspecified atom stereocenters. The summed E-state index contributed by atoms with van der Waals surface area (Å²) < 4.78 is 4.94. The Morgan fingerprint density at radius 1 is 1.56 bits per heavy atom. The summed E-state index contributed by atoms with van der Waals surface area (Å²) in [6.45, 7) is 6.43. The van der Waals surface area contributed by atoms with Crippen LogP contribution in [0.25, 0.3) is 0 Å². The van der Waals surface area contributed by atoms with Crippen molar-refractivity contribution < 1.29 is 9.53 Å². The van der Waals surface area contributed by atoms with Crippen LogP contribution >= 0.6 is 12.2 Å². The Morgan fingerprint density at radius 2 is 2.25 bits per heavy atom. The monoisotopic (exact) mass is 240 g/mol. The Hall–Kier alpha value is -0.700. The van der Waals surface area contributed by atoms with E-state index in [-0.39, 0.29) is 5.97 Å². The lowest BCUT2D eigenvalue weighted by Gasteiger charge is -2.28. The molecule has 1 rings (SSSR count). The van der Waals surface area contributed by atoms with E-state index in [9.17, 15) is 4.79 Å². The first-order valence-electron chi connectivity index (χ1n) is 5.92. The van der Waals surface area contributed by atoms with E-state index in [4.69, 9.17) is 17.0 Å². The number of carbonyl (C=O) groups is 1. The fraction of sp³-hybridized carbons (Fsp3) is 0.692. The molecule has 2 nitrogen and oxygen atoms in total. The number of thiocarbonyl (C=S) groups is 1. The minimum atomic E-state index is -0.216. The predicted molar refractivity (Wildman–Crippen MR) is 69.5 cm³/mol. The van der Waals surface area contributed by atoms with Gasteiger partial charge in [-0.3, -0.25) is 0 Å². The fourth-order valence-electron chi connectivity index (χ4n) is 2.11. The van der Waals surface area contributed by atoms with E-state index in [1.165, 1.54) is 5.57 Å². The van der Waals surface area contributed by atoms with Gasteiger partial charge in [0.1, 0.15) is 0 Å². The van der Waals surface area contributed by atoms with Gasteiger partial charge in [0.05, 0.1) is 6.61 Å². The predicted octanol–water partition coefficient (Wildman–Crippen LogP) is 3.30. The van der Waals surface area contributed by atoms with E-state index < -0.39 is 0 Å². The highest BCUT2D eigenvalue weighted by Crippen LogP contribution is 2.33. The Labute approximate surface area is 103 Å². The van der Waals surface area contributed by atoms with Crippen molar-refractivity contribution in [2.45, 2.75) is 40.0 Å². The Bertz CT molecular complexity index is 307. The lowest BCUT2D eigenvalue weighted by Crippen LogP contribution is -2.20. The molecule has 0 aliphatic heterocycles. The summed E-state index contributed by atoms with van der Waals surface area (Å²) in [6, 6.07) is 0. The first-order chi connectivity index (χ1) is 7.54. The van der Waals surface area contributed by atoms with Crippen molar-refractivity contribution in [3.8, 4) is 0 Å². The zero-order valence-electron chi connectivity index (χ0n) is 10.3. The van der Waals surface area contributed by atoms with Gasteiger partial charge < -0.3 is 4.74 Å². The van der Waals surface area contributed by atoms with Gasteiger partial charge in [0.2, 0.25) is 0 Å². The summed E-state index contributed by atoms with van der Waals surface area (Å²) in [4.78, 5) is 12.5. The van der Waals surface area contributed by atoms with Crippen LogP contribution in [0.4, 0.5) is 0 Å². The number of rotatable bonds is 3. The SMILES string of the molecule is CCOC(=O)/C=C1\C[C@H](C(C)=S)CC[C@H]1C. The molecule has 0 aromatic rings. The molecule has 0 radical (unpaired) electrons. The van der Waals surface area contributed by atoms with E-state index >= 15 is 0 Å². The number of allylic oxidation sites excluding steroid dienone is 1. The summed E-state index contributed by atoms with van der Waals surface area (Å²) in [5.41, 5.74) is 1.19. The number of hydrogen-bond donors (Lipinski definition) is 0. The van der Waals surface area contributed by atoms with Crippen LogP contribution in [-0.4, -0.2) is 17.4 Å². The van der Waals surface area contributed by atoms with Gasteiger partial charge in [0.25, 0.3) is 0 Å². The molecular weight excluding hydrogens is 220 g/mol. The maximum atomic E-state index is 11.4. The Balaban J connectivity index is 2.69. The van der Waals surface area contributed by atoms with Crippen molar-refractivity contribution in [1.29, 1.82) is 0 Å². The third-order valence-corrected chi connectivity index (χ3v) is 3.56. The molecule has 0 bridgehead atoms. The van der Waals surface area contributed by atoms with Crippen molar-refractivity contribution in [3.63, 3.8) is 0 Å². The van der Waals surface area contributed by atoms with Crippen LogP contribution in [0.15, 0.2) is 11.6 Å². The molecule has 0 amide bonds. The average molecular weight is 240 g/mol. The number of carbonyl (C=O) groups excluding carboxylic acids is 1. The van der Waals surface area contributed by atoms with Crippen molar-refractivity contribution in [3.05, 3.63) is 11.6 Å². The maximum Gasteiger partial charge on any atom is 0.330 e. The summed E-state index contributed by atoms with van der Waals surface area (Å²) >= 11 is 5.23. The number of hydrogen-bond acceptors (Lipinski definition) is 3. The summed E-state index contributed by atoms with van der Waals surface area (Å²) in [6.07, 6.45) is 4.86. The molecule has 0 saturated heterocycles. The van der Waals surface area contributed by atoms with Crippen LogP contribution in [0.2, 0.25) is 0 Å². The zero-order valence-corrected chi connectivity index (χ0v) is 11.1. The highest BCUT2D eigenvalue weighted by atomic mass is 32.1. The van der Waals surface area contributed by atoms with Gasteiger partial charge in [-0.15, -0.1) is 0 Å². The first-order valence-corrected chi connectivity index (χ1v) is 6.33. The highest BCUT2D eigenvalue weighted by molar-refractivity contribution is 7.80. The van der Waals surface area contributed by atoms with E-state index in [0.717, 1.165) is 24.1 Å².